The average Bonchev–Trinajstić information content (AvgIpc) is 2.65. The Morgan fingerprint density at radius 2 is 2.11 bits per heavy atom. The minimum Gasteiger partial charge on any atom is -0.387 e. The molecule has 1 aromatic heterocycles. The van der Waals surface area contributed by atoms with E-state index in [4.69, 9.17) is 11.6 Å². The van der Waals surface area contributed by atoms with Gasteiger partial charge in [0.2, 0.25) is 0 Å². The summed E-state index contributed by atoms with van der Waals surface area (Å²) >= 11 is 5.91. The first kappa shape index (κ1) is 16.3. The molecule has 8 heteroatoms. The number of aliphatic hydroxyl groups is 1. The van der Waals surface area contributed by atoms with E-state index in [1.807, 2.05) is 13.8 Å². The molecule has 1 heterocycles. The number of hydrogen-bond donors (Lipinski definition) is 1. The molecule has 0 aliphatic rings. The topological polar surface area (TPSA) is 47.3 Å². The molecule has 1 atom stereocenters. The second-order valence-corrected chi connectivity index (χ2v) is 4.80. The molecule has 0 amide bonds. The second-order valence-electron chi connectivity index (χ2n) is 4.39. The molecule has 0 radical (unpaired) electrons. The van der Waals surface area contributed by atoms with Crippen molar-refractivity contribution in [1.82, 2.24) is 9.78 Å². The van der Waals surface area contributed by atoms with Gasteiger partial charge in [0.25, 0.3) is 0 Å². The lowest BCUT2D eigenvalue weighted by molar-refractivity contribution is -0.175. The highest BCUT2D eigenvalue weighted by Crippen LogP contribution is 2.27. The quantitative estimate of drug-likeness (QED) is 0.821. The van der Waals surface area contributed by atoms with Gasteiger partial charge >= 0.3 is 6.18 Å². The third kappa shape index (κ3) is 5.00. The highest BCUT2D eigenvalue weighted by Gasteiger charge is 2.27. The summed E-state index contributed by atoms with van der Waals surface area (Å²) < 4.78 is 41.6. The Balaban J connectivity index is 2.54. The lowest BCUT2D eigenvalue weighted by Gasteiger charge is -2.16. The fourth-order valence-corrected chi connectivity index (χ4v) is 1.85. The van der Waals surface area contributed by atoms with Crippen LogP contribution in [0.25, 0.3) is 0 Å². The van der Waals surface area contributed by atoms with Crippen molar-refractivity contribution < 1.29 is 23.0 Å². The van der Waals surface area contributed by atoms with E-state index >= 15 is 0 Å². The third-order valence-electron chi connectivity index (χ3n) is 2.39. The van der Waals surface area contributed by atoms with Crippen molar-refractivity contribution in [3.8, 4) is 0 Å². The van der Waals surface area contributed by atoms with Crippen LogP contribution in [0.15, 0.2) is 6.20 Å². The Morgan fingerprint density at radius 3 is 2.63 bits per heavy atom. The second kappa shape index (κ2) is 6.58. The first-order valence-corrected chi connectivity index (χ1v) is 6.15. The molecule has 110 valence electrons. The zero-order chi connectivity index (χ0) is 14.6. The van der Waals surface area contributed by atoms with E-state index < -0.39 is 18.9 Å². The van der Waals surface area contributed by atoms with Gasteiger partial charge < -0.3 is 9.84 Å². The van der Waals surface area contributed by atoms with Crippen molar-refractivity contribution in [3.05, 3.63) is 16.9 Å². The normalized spacial score (nSPS) is 14.1. The van der Waals surface area contributed by atoms with Gasteiger partial charge in [0.15, 0.2) is 0 Å². The van der Waals surface area contributed by atoms with E-state index in [-0.39, 0.29) is 24.1 Å². The van der Waals surface area contributed by atoms with Gasteiger partial charge in [-0.2, -0.15) is 18.3 Å². The van der Waals surface area contributed by atoms with Gasteiger partial charge in [-0.1, -0.05) is 11.6 Å². The molecule has 19 heavy (non-hydrogen) atoms. The molecule has 1 N–H and O–H groups in total. The first-order chi connectivity index (χ1) is 8.72. The smallest absolute Gasteiger partial charge is 0.387 e. The minimum atomic E-state index is -4.36. The van der Waals surface area contributed by atoms with Crippen molar-refractivity contribution >= 4 is 11.6 Å². The Bertz CT molecular complexity index is 407. The van der Waals surface area contributed by atoms with Crippen molar-refractivity contribution in [2.24, 2.45) is 0 Å². The van der Waals surface area contributed by atoms with E-state index in [0.29, 0.717) is 5.69 Å². The average molecular weight is 301 g/mol. The van der Waals surface area contributed by atoms with Crippen LogP contribution in [-0.4, -0.2) is 34.3 Å². The highest BCUT2D eigenvalue weighted by molar-refractivity contribution is 6.31. The number of alkyl halides is 3. The summed E-state index contributed by atoms with van der Waals surface area (Å²) in [5.74, 6) is 0. The van der Waals surface area contributed by atoms with Gasteiger partial charge in [-0.15, -0.1) is 0 Å². The molecule has 1 rings (SSSR count). The number of halogens is 4. The van der Waals surface area contributed by atoms with Gasteiger partial charge in [-0.25, -0.2) is 0 Å². The fourth-order valence-electron chi connectivity index (χ4n) is 1.59. The third-order valence-corrected chi connectivity index (χ3v) is 2.68. The maximum atomic E-state index is 11.9. The predicted molar refractivity (Wildman–Crippen MR) is 64.1 cm³/mol. The number of aliphatic hydroxyl groups excluding tert-OH is 1. The number of hydrogen-bond acceptors (Lipinski definition) is 3. The monoisotopic (exact) mass is 300 g/mol. The largest absolute Gasteiger partial charge is 0.411 e. The van der Waals surface area contributed by atoms with Crippen LogP contribution in [0.3, 0.4) is 0 Å². The number of rotatable bonds is 6. The van der Waals surface area contributed by atoms with E-state index in [1.54, 1.807) is 0 Å². The van der Waals surface area contributed by atoms with Crippen molar-refractivity contribution in [3.63, 3.8) is 0 Å². The van der Waals surface area contributed by atoms with Crippen LogP contribution in [0.5, 0.6) is 0 Å². The van der Waals surface area contributed by atoms with Crippen LogP contribution >= 0.6 is 11.6 Å². The fraction of sp³-hybridized carbons (Fsp3) is 0.727. The molecule has 4 nitrogen and oxygen atoms in total. The summed E-state index contributed by atoms with van der Waals surface area (Å²) in [5.41, 5.74) is 0.396. The van der Waals surface area contributed by atoms with Gasteiger partial charge in [-0.3, -0.25) is 4.68 Å². The molecule has 0 saturated carbocycles. The summed E-state index contributed by atoms with van der Waals surface area (Å²) in [6, 6.07) is -0.00626. The van der Waals surface area contributed by atoms with Crippen LogP contribution in [-0.2, 0) is 4.74 Å². The Morgan fingerprint density at radius 1 is 1.47 bits per heavy atom. The lowest BCUT2D eigenvalue weighted by Crippen LogP contribution is -2.19. The Hall–Kier alpha value is -0.790. The van der Waals surface area contributed by atoms with Crippen LogP contribution < -0.4 is 0 Å². The molecular formula is C11H16ClF3N2O2. The number of ether oxygens (including phenoxy) is 1. The van der Waals surface area contributed by atoms with Crippen molar-refractivity contribution in [1.29, 1.82) is 0 Å². The van der Waals surface area contributed by atoms with Crippen LogP contribution in [0.2, 0.25) is 5.02 Å². The zero-order valence-corrected chi connectivity index (χ0v) is 11.4. The minimum absolute atomic E-state index is 0.00626. The molecule has 1 aromatic rings. The molecular weight excluding hydrogens is 285 g/mol. The maximum absolute atomic E-state index is 11.9. The molecule has 0 aromatic carbocycles. The summed E-state index contributed by atoms with van der Waals surface area (Å²) in [6.07, 6.45) is -3.95. The summed E-state index contributed by atoms with van der Waals surface area (Å²) in [5, 5.41) is 14.2. The first-order valence-electron chi connectivity index (χ1n) is 5.78. The number of nitrogens with zero attached hydrogens (tertiary/aromatic N) is 2. The standard InChI is InChI=1S/C11H16ClF3N2O2/c1-7(2)17-10(8(12)5-16-17)9(18)3-4-19-6-11(13,14)15/h5,7,9,18H,3-4,6H2,1-2H3. The molecule has 0 fully saturated rings. The van der Waals surface area contributed by atoms with Gasteiger partial charge in [0, 0.05) is 19.1 Å². The Labute approximate surface area is 114 Å². The van der Waals surface area contributed by atoms with E-state index in [0.717, 1.165) is 0 Å². The maximum Gasteiger partial charge on any atom is 0.411 e. The molecule has 0 aliphatic heterocycles. The van der Waals surface area contributed by atoms with E-state index in [1.165, 1.54) is 10.9 Å². The van der Waals surface area contributed by atoms with E-state index in [9.17, 15) is 18.3 Å². The summed E-state index contributed by atoms with van der Waals surface area (Å²) in [4.78, 5) is 0. The molecule has 0 spiro atoms. The van der Waals surface area contributed by atoms with Crippen LogP contribution in [0, 0.1) is 0 Å². The van der Waals surface area contributed by atoms with E-state index in [2.05, 4.69) is 9.84 Å². The van der Waals surface area contributed by atoms with Gasteiger partial charge in [0.05, 0.1) is 23.0 Å². The van der Waals surface area contributed by atoms with Gasteiger partial charge in [-0.05, 0) is 13.8 Å². The lowest BCUT2D eigenvalue weighted by atomic mass is 10.2. The zero-order valence-electron chi connectivity index (χ0n) is 10.6. The van der Waals surface area contributed by atoms with Crippen LogP contribution in [0.1, 0.15) is 38.1 Å². The predicted octanol–water partition coefficient (Wildman–Crippen LogP) is 3.12. The van der Waals surface area contributed by atoms with Crippen molar-refractivity contribution in [2.75, 3.05) is 13.2 Å². The summed E-state index contributed by atoms with van der Waals surface area (Å²) in [7, 11) is 0. The molecule has 0 saturated heterocycles. The Kier molecular flexibility index (Phi) is 5.64. The van der Waals surface area contributed by atoms with Crippen molar-refractivity contribution in [2.45, 2.75) is 38.6 Å². The van der Waals surface area contributed by atoms with Crippen LogP contribution in [0.4, 0.5) is 13.2 Å². The van der Waals surface area contributed by atoms with Gasteiger partial charge in [0.1, 0.15) is 6.61 Å². The molecule has 0 bridgehead atoms. The molecule has 0 aliphatic carbocycles. The number of aromatic nitrogens is 2. The highest BCUT2D eigenvalue weighted by atomic mass is 35.5. The SMILES string of the molecule is CC(C)n1ncc(Cl)c1C(O)CCOCC(F)(F)F. The summed E-state index contributed by atoms with van der Waals surface area (Å²) in [6.45, 7) is 2.19. The molecule has 1 unspecified atom stereocenters.